The second kappa shape index (κ2) is 4.93. The molecule has 1 atom stereocenters. The van der Waals surface area contributed by atoms with Gasteiger partial charge in [-0.3, -0.25) is 4.79 Å². The second-order valence-electron chi connectivity index (χ2n) is 2.95. The highest BCUT2D eigenvalue weighted by Gasteiger charge is 2.22. The van der Waals surface area contributed by atoms with Gasteiger partial charge < -0.3 is 10.2 Å². The third-order valence-corrected chi connectivity index (χ3v) is 1.83. The van der Waals surface area contributed by atoms with E-state index in [-0.39, 0.29) is 12.8 Å². The molecule has 0 rings (SSSR count). The van der Waals surface area contributed by atoms with Gasteiger partial charge in [0.1, 0.15) is 0 Å². The molecule has 2 N–H and O–H groups in total. The molecular formula is C9H16O3. The van der Waals surface area contributed by atoms with Crippen molar-refractivity contribution in [3.8, 4) is 0 Å². The maximum absolute atomic E-state index is 10.2. The van der Waals surface area contributed by atoms with Crippen molar-refractivity contribution in [1.29, 1.82) is 0 Å². The van der Waals surface area contributed by atoms with E-state index in [0.29, 0.717) is 6.42 Å². The van der Waals surface area contributed by atoms with Crippen LogP contribution in [0.5, 0.6) is 0 Å². The molecule has 0 heterocycles. The van der Waals surface area contributed by atoms with Crippen LogP contribution in [0.1, 0.15) is 32.6 Å². The van der Waals surface area contributed by atoms with Crippen LogP contribution in [-0.2, 0) is 4.79 Å². The number of carboxylic acid groups (broad SMARTS) is 1. The fraction of sp³-hybridized carbons (Fsp3) is 0.667. The van der Waals surface area contributed by atoms with Crippen LogP contribution in [0.15, 0.2) is 12.7 Å². The van der Waals surface area contributed by atoms with Gasteiger partial charge in [0.25, 0.3) is 0 Å². The Hall–Kier alpha value is -0.830. The van der Waals surface area contributed by atoms with E-state index >= 15 is 0 Å². The zero-order valence-electron chi connectivity index (χ0n) is 7.42. The van der Waals surface area contributed by atoms with E-state index in [1.54, 1.807) is 0 Å². The first-order valence-corrected chi connectivity index (χ1v) is 4.12. The van der Waals surface area contributed by atoms with Crippen LogP contribution in [0.2, 0.25) is 0 Å². The van der Waals surface area contributed by atoms with E-state index < -0.39 is 11.6 Å². The third kappa shape index (κ3) is 4.13. The molecule has 0 saturated carbocycles. The number of aliphatic carboxylic acids is 1. The SMILES string of the molecule is C=CC(O)(CCC)CCC(=O)O. The standard InChI is InChI=1S/C9H16O3/c1-3-6-9(12,4-2)7-5-8(10)11/h4,12H,2-3,5-7H2,1H3,(H,10,11). The van der Waals surface area contributed by atoms with Gasteiger partial charge in [-0.05, 0) is 12.8 Å². The van der Waals surface area contributed by atoms with Crippen LogP contribution in [0.3, 0.4) is 0 Å². The second-order valence-corrected chi connectivity index (χ2v) is 2.95. The molecule has 0 radical (unpaired) electrons. The van der Waals surface area contributed by atoms with Crippen molar-refractivity contribution >= 4 is 5.97 Å². The van der Waals surface area contributed by atoms with Gasteiger partial charge in [-0.1, -0.05) is 19.4 Å². The summed E-state index contributed by atoms with van der Waals surface area (Å²) >= 11 is 0. The lowest BCUT2D eigenvalue weighted by Gasteiger charge is -2.22. The van der Waals surface area contributed by atoms with Crippen LogP contribution in [0.25, 0.3) is 0 Å². The first kappa shape index (κ1) is 11.2. The van der Waals surface area contributed by atoms with E-state index in [0.717, 1.165) is 6.42 Å². The Bertz CT molecular complexity index is 165. The summed E-state index contributed by atoms with van der Waals surface area (Å²) in [5.74, 6) is -0.883. The number of aliphatic hydroxyl groups is 1. The van der Waals surface area contributed by atoms with E-state index in [1.807, 2.05) is 6.92 Å². The monoisotopic (exact) mass is 172 g/mol. The summed E-state index contributed by atoms with van der Waals surface area (Å²) in [6, 6.07) is 0. The molecule has 0 saturated heterocycles. The quantitative estimate of drug-likeness (QED) is 0.598. The first-order valence-electron chi connectivity index (χ1n) is 4.12. The normalized spacial score (nSPS) is 15.2. The molecule has 0 amide bonds. The van der Waals surface area contributed by atoms with Crippen LogP contribution >= 0.6 is 0 Å². The largest absolute Gasteiger partial charge is 0.481 e. The number of rotatable bonds is 6. The van der Waals surface area contributed by atoms with Crippen LogP contribution in [-0.4, -0.2) is 21.8 Å². The van der Waals surface area contributed by atoms with Crippen molar-refractivity contribution in [3.05, 3.63) is 12.7 Å². The Morgan fingerprint density at radius 1 is 1.58 bits per heavy atom. The molecule has 0 aromatic carbocycles. The molecule has 0 aliphatic carbocycles. The van der Waals surface area contributed by atoms with Crippen molar-refractivity contribution in [2.24, 2.45) is 0 Å². The zero-order chi connectivity index (χ0) is 9.61. The predicted octanol–water partition coefficient (Wildman–Crippen LogP) is 1.57. The Balaban J connectivity index is 3.95. The highest BCUT2D eigenvalue weighted by molar-refractivity contribution is 5.66. The van der Waals surface area contributed by atoms with Crippen molar-refractivity contribution in [2.75, 3.05) is 0 Å². The molecule has 1 unspecified atom stereocenters. The molecule has 0 spiro atoms. The summed E-state index contributed by atoms with van der Waals surface area (Å²) in [6.45, 7) is 5.43. The molecule has 0 bridgehead atoms. The maximum Gasteiger partial charge on any atom is 0.303 e. The molecule has 3 nitrogen and oxygen atoms in total. The van der Waals surface area contributed by atoms with E-state index in [1.165, 1.54) is 6.08 Å². The van der Waals surface area contributed by atoms with Crippen molar-refractivity contribution in [3.63, 3.8) is 0 Å². The minimum Gasteiger partial charge on any atom is -0.481 e. The molecule has 0 aliphatic rings. The van der Waals surface area contributed by atoms with Crippen molar-refractivity contribution < 1.29 is 15.0 Å². The van der Waals surface area contributed by atoms with Gasteiger partial charge in [0, 0.05) is 6.42 Å². The van der Waals surface area contributed by atoms with Crippen LogP contribution in [0, 0.1) is 0 Å². The molecule has 3 heteroatoms. The van der Waals surface area contributed by atoms with Crippen molar-refractivity contribution in [2.45, 2.75) is 38.2 Å². The first-order chi connectivity index (χ1) is 5.54. The number of carboxylic acids is 1. The van der Waals surface area contributed by atoms with Crippen LogP contribution in [0.4, 0.5) is 0 Å². The minimum atomic E-state index is -0.993. The average Bonchev–Trinajstić information content (AvgIpc) is 2.02. The smallest absolute Gasteiger partial charge is 0.303 e. The van der Waals surface area contributed by atoms with E-state index in [9.17, 15) is 9.90 Å². The molecular weight excluding hydrogens is 156 g/mol. The average molecular weight is 172 g/mol. The molecule has 70 valence electrons. The summed E-state index contributed by atoms with van der Waals surface area (Å²) in [4.78, 5) is 10.2. The van der Waals surface area contributed by atoms with Gasteiger partial charge in [-0.15, -0.1) is 6.58 Å². The van der Waals surface area contributed by atoms with Gasteiger partial charge >= 0.3 is 5.97 Å². The van der Waals surface area contributed by atoms with Crippen molar-refractivity contribution in [1.82, 2.24) is 0 Å². The molecule has 0 aromatic rings. The topological polar surface area (TPSA) is 57.5 Å². The molecule has 0 aliphatic heterocycles. The Morgan fingerprint density at radius 2 is 2.17 bits per heavy atom. The fourth-order valence-electron chi connectivity index (χ4n) is 1.09. The number of hydrogen-bond donors (Lipinski definition) is 2. The summed E-state index contributed by atoms with van der Waals surface area (Å²) in [5.41, 5.74) is -0.993. The van der Waals surface area contributed by atoms with Gasteiger partial charge in [0.2, 0.25) is 0 Å². The lowest BCUT2D eigenvalue weighted by atomic mass is 9.93. The minimum absolute atomic E-state index is 0.0114. The van der Waals surface area contributed by atoms with Gasteiger partial charge in [0.15, 0.2) is 0 Å². The van der Waals surface area contributed by atoms with E-state index in [2.05, 4.69) is 6.58 Å². The predicted molar refractivity (Wildman–Crippen MR) is 46.9 cm³/mol. The summed E-state index contributed by atoms with van der Waals surface area (Å²) in [7, 11) is 0. The highest BCUT2D eigenvalue weighted by Crippen LogP contribution is 2.20. The highest BCUT2D eigenvalue weighted by atomic mass is 16.4. The van der Waals surface area contributed by atoms with Gasteiger partial charge in [-0.25, -0.2) is 0 Å². The molecule has 0 fully saturated rings. The van der Waals surface area contributed by atoms with Gasteiger partial charge in [-0.2, -0.15) is 0 Å². The van der Waals surface area contributed by atoms with Crippen LogP contribution < -0.4 is 0 Å². The van der Waals surface area contributed by atoms with Gasteiger partial charge in [0.05, 0.1) is 5.60 Å². The molecule has 0 aromatic heterocycles. The fourth-order valence-corrected chi connectivity index (χ4v) is 1.09. The zero-order valence-corrected chi connectivity index (χ0v) is 7.42. The summed E-state index contributed by atoms with van der Waals surface area (Å²) in [6.07, 6.45) is 3.06. The Labute approximate surface area is 72.7 Å². The Kier molecular flexibility index (Phi) is 4.59. The molecule has 12 heavy (non-hydrogen) atoms. The summed E-state index contributed by atoms with van der Waals surface area (Å²) in [5, 5.41) is 18.1. The van der Waals surface area contributed by atoms with E-state index in [4.69, 9.17) is 5.11 Å². The maximum atomic E-state index is 10.2. The number of hydrogen-bond acceptors (Lipinski definition) is 2. The lowest BCUT2D eigenvalue weighted by Crippen LogP contribution is -2.26. The third-order valence-electron chi connectivity index (χ3n) is 1.83. The lowest BCUT2D eigenvalue weighted by molar-refractivity contribution is -0.138. The number of carbonyl (C=O) groups is 1. The summed E-state index contributed by atoms with van der Waals surface area (Å²) < 4.78 is 0. The Morgan fingerprint density at radius 3 is 2.50 bits per heavy atom.